The summed E-state index contributed by atoms with van der Waals surface area (Å²) in [5, 5.41) is 7.49. The van der Waals surface area contributed by atoms with Gasteiger partial charge in [-0.3, -0.25) is 0 Å². The van der Waals surface area contributed by atoms with Gasteiger partial charge in [-0.15, -0.1) is 0 Å². The fourth-order valence-electron chi connectivity index (χ4n) is 3.19. The van der Waals surface area contributed by atoms with Crippen molar-refractivity contribution in [2.75, 3.05) is 13.1 Å². The smallest absolute Gasteiger partial charge is 0.144 e. The van der Waals surface area contributed by atoms with E-state index in [1.54, 1.807) is 0 Å². The van der Waals surface area contributed by atoms with Crippen molar-refractivity contribution < 1.29 is 4.52 Å². The first-order chi connectivity index (χ1) is 7.95. The fraction of sp³-hybridized carbons (Fsp3) is 0.769. The summed E-state index contributed by atoms with van der Waals surface area (Å²) >= 11 is 0. The zero-order valence-corrected chi connectivity index (χ0v) is 9.74. The Labute approximate surface area is 96.6 Å². The van der Waals surface area contributed by atoms with E-state index in [4.69, 9.17) is 4.52 Å². The van der Waals surface area contributed by atoms with Gasteiger partial charge in [0.05, 0.1) is 6.20 Å². The van der Waals surface area contributed by atoms with E-state index in [0.717, 1.165) is 19.0 Å². The van der Waals surface area contributed by atoms with Crippen molar-refractivity contribution in [2.45, 2.75) is 50.4 Å². The van der Waals surface area contributed by atoms with Crippen LogP contribution in [-0.2, 0) is 0 Å². The molecule has 3 nitrogen and oxygen atoms in total. The van der Waals surface area contributed by atoms with Crippen molar-refractivity contribution in [3.8, 4) is 0 Å². The molecular weight excluding hydrogens is 200 g/mol. The summed E-state index contributed by atoms with van der Waals surface area (Å²) in [4.78, 5) is 0. The summed E-state index contributed by atoms with van der Waals surface area (Å²) in [5.74, 6) is 2.47. The Hall–Kier alpha value is -0.830. The van der Waals surface area contributed by atoms with Crippen molar-refractivity contribution in [1.29, 1.82) is 0 Å². The topological polar surface area (TPSA) is 38.1 Å². The van der Waals surface area contributed by atoms with Gasteiger partial charge >= 0.3 is 0 Å². The minimum atomic E-state index is 0.562. The maximum atomic E-state index is 5.53. The lowest BCUT2D eigenvalue weighted by atomic mass is 9.89. The summed E-state index contributed by atoms with van der Waals surface area (Å²) in [6.07, 6.45) is 9.89. The molecule has 1 saturated carbocycles. The van der Waals surface area contributed by atoms with Gasteiger partial charge in [-0.1, -0.05) is 18.0 Å². The number of piperidine rings is 1. The summed E-state index contributed by atoms with van der Waals surface area (Å²) < 4.78 is 5.53. The normalized spacial score (nSPS) is 27.4. The number of aromatic nitrogens is 1. The largest absolute Gasteiger partial charge is 0.361 e. The zero-order chi connectivity index (χ0) is 10.8. The number of hydrogen-bond donors (Lipinski definition) is 1. The molecule has 0 aromatic carbocycles. The number of nitrogens with one attached hydrogen (secondary N) is 1. The van der Waals surface area contributed by atoms with Crippen LogP contribution >= 0.6 is 0 Å². The third kappa shape index (κ3) is 1.88. The lowest BCUT2D eigenvalue weighted by Crippen LogP contribution is -2.28. The predicted molar refractivity (Wildman–Crippen MR) is 62.6 cm³/mol. The second-order valence-corrected chi connectivity index (χ2v) is 5.17. The van der Waals surface area contributed by atoms with Gasteiger partial charge in [0.25, 0.3) is 0 Å². The molecule has 1 aliphatic heterocycles. The fourth-order valence-corrected chi connectivity index (χ4v) is 3.19. The van der Waals surface area contributed by atoms with Crippen molar-refractivity contribution in [3.05, 3.63) is 17.5 Å². The van der Waals surface area contributed by atoms with E-state index < -0.39 is 0 Å². The predicted octanol–water partition coefficient (Wildman–Crippen LogP) is 2.80. The van der Waals surface area contributed by atoms with Crippen LogP contribution in [0.1, 0.15) is 61.7 Å². The third-order valence-corrected chi connectivity index (χ3v) is 4.09. The Balaban J connectivity index is 1.80. The Morgan fingerprint density at radius 3 is 2.69 bits per heavy atom. The van der Waals surface area contributed by atoms with Crippen molar-refractivity contribution in [3.63, 3.8) is 0 Å². The molecule has 0 spiro atoms. The van der Waals surface area contributed by atoms with Gasteiger partial charge in [-0.05, 0) is 38.1 Å². The summed E-state index contributed by atoms with van der Waals surface area (Å²) in [7, 11) is 0. The van der Waals surface area contributed by atoms with Crippen molar-refractivity contribution >= 4 is 0 Å². The van der Waals surface area contributed by atoms with Crippen molar-refractivity contribution in [1.82, 2.24) is 10.5 Å². The molecular formula is C13H20N2O. The Bertz CT molecular complexity index is 335. The highest BCUT2D eigenvalue weighted by Crippen LogP contribution is 2.38. The molecule has 0 bridgehead atoms. The molecule has 1 atom stereocenters. The minimum Gasteiger partial charge on any atom is -0.361 e. The van der Waals surface area contributed by atoms with Crippen LogP contribution in [0.15, 0.2) is 10.7 Å². The van der Waals surface area contributed by atoms with Crippen molar-refractivity contribution in [2.24, 2.45) is 0 Å². The first-order valence-electron chi connectivity index (χ1n) is 6.60. The molecule has 1 aromatic heterocycles. The zero-order valence-electron chi connectivity index (χ0n) is 9.74. The van der Waals surface area contributed by atoms with E-state index in [1.165, 1.54) is 49.8 Å². The van der Waals surface area contributed by atoms with E-state index >= 15 is 0 Å². The van der Waals surface area contributed by atoms with Gasteiger partial charge < -0.3 is 9.84 Å². The number of nitrogens with zero attached hydrogens (tertiary/aromatic N) is 1. The molecule has 3 rings (SSSR count). The lowest BCUT2D eigenvalue weighted by Gasteiger charge is -2.22. The Morgan fingerprint density at radius 1 is 1.12 bits per heavy atom. The Morgan fingerprint density at radius 2 is 1.94 bits per heavy atom. The standard InChI is InChI=1S/C13H20N2O/c1-2-5-10(4-1)12-9-15-16-13(12)11-6-3-7-14-8-11/h9-11,14H,1-8H2. The molecule has 1 unspecified atom stereocenters. The average Bonchev–Trinajstić information content (AvgIpc) is 3.01. The molecule has 3 heteroatoms. The highest BCUT2D eigenvalue weighted by atomic mass is 16.5. The first kappa shape index (κ1) is 10.3. The molecule has 1 N–H and O–H groups in total. The molecule has 2 aliphatic rings. The van der Waals surface area contributed by atoms with Crippen LogP contribution in [0.5, 0.6) is 0 Å². The monoisotopic (exact) mass is 220 g/mol. The van der Waals surface area contributed by atoms with Gasteiger partial charge in [-0.25, -0.2) is 0 Å². The number of hydrogen-bond acceptors (Lipinski definition) is 3. The van der Waals surface area contributed by atoms with Gasteiger partial charge in [0, 0.05) is 18.0 Å². The van der Waals surface area contributed by atoms with E-state index in [9.17, 15) is 0 Å². The van der Waals surface area contributed by atoms with Crippen LogP contribution in [0.3, 0.4) is 0 Å². The molecule has 1 aliphatic carbocycles. The lowest BCUT2D eigenvalue weighted by molar-refractivity contribution is 0.326. The molecule has 0 radical (unpaired) electrons. The molecule has 2 fully saturated rings. The van der Waals surface area contributed by atoms with Crippen LogP contribution in [0.2, 0.25) is 0 Å². The maximum absolute atomic E-state index is 5.53. The maximum Gasteiger partial charge on any atom is 0.144 e. The van der Waals surface area contributed by atoms with E-state index in [-0.39, 0.29) is 0 Å². The van der Waals surface area contributed by atoms with Crippen LogP contribution in [0, 0.1) is 0 Å². The van der Waals surface area contributed by atoms with Gasteiger partial charge in [0.15, 0.2) is 0 Å². The van der Waals surface area contributed by atoms with E-state index in [2.05, 4.69) is 10.5 Å². The summed E-state index contributed by atoms with van der Waals surface area (Å²) in [6.45, 7) is 2.22. The van der Waals surface area contributed by atoms with Gasteiger partial charge in [0.2, 0.25) is 0 Å². The van der Waals surface area contributed by atoms with Crippen LogP contribution in [0.25, 0.3) is 0 Å². The van der Waals surface area contributed by atoms with Crippen LogP contribution < -0.4 is 5.32 Å². The minimum absolute atomic E-state index is 0.562. The van der Waals surface area contributed by atoms with E-state index in [0.29, 0.717) is 5.92 Å². The quantitative estimate of drug-likeness (QED) is 0.832. The van der Waals surface area contributed by atoms with Crippen LogP contribution in [-0.4, -0.2) is 18.2 Å². The second kappa shape index (κ2) is 4.58. The summed E-state index contributed by atoms with van der Waals surface area (Å²) in [6, 6.07) is 0. The third-order valence-electron chi connectivity index (χ3n) is 4.09. The van der Waals surface area contributed by atoms with Gasteiger partial charge in [-0.2, -0.15) is 0 Å². The highest BCUT2D eigenvalue weighted by Gasteiger charge is 2.28. The van der Waals surface area contributed by atoms with Gasteiger partial charge in [0.1, 0.15) is 5.76 Å². The molecule has 16 heavy (non-hydrogen) atoms. The SMILES string of the molecule is c1noc(C2CCCNC2)c1C1CCCC1. The number of rotatable bonds is 2. The highest BCUT2D eigenvalue weighted by molar-refractivity contribution is 5.24. The second-order valence-electron chi connectivity index (χ2n) is 5.17. The Kier molecular flexibility index (Phi) is 2.96. The molecule has 0 amide bonds. The average molecular weight is 220 g/mol. The molecule has 2 heterocycles. The van der Waals surface area contributed by atoms with Crippen LogP contribution in [0.4, 0.5) is 0 Å². The summed E-state index contributed by atoms with van der Waals surface area (Å²) in [5.41, 5.74) is 1.41. The molecule has 1 saturated heterocycles. The first-order valence-corrected chi connectivity index (χ1v) is 6.60. The van der Waals surface area contributed by atoms with E-state index in [1.807, 2.05) is 6.20 Å². The molecule has 1 aromatic rings. The molecule has 88 valence electrons.